The minimum absolute atomic E-state index is 0.0944. The van der Waals surface area contributed by atoms with Gasteiger partial charge >= 0.3 is 6.09 Å². The van der Waals surface area contributed by atoms with Crippen LogP contribution in [0, 0.1) is 17.8 Å². The van der Waals surface area contributed by atoms with Gasteiger partial charge in [0, 0.05) is 31.2 Å². The first-order valence-electron chi connectivity index (χ1n) is 14.1. The average molecular weight is 505 g/mol. The Morgan fingerprint density at radius 1 is 0.944 bits per heavy atom. The second-order valence-corrected chi connectivity index (χ2v) is 11.4. The molecule has 0 aromatic heterocycles. The monoisotopic (exact) mass is 504 g/mol. The molecule has 3 aliphatic rings. The molecular weight excluding hydrogens is 460 g/mol. The van der Waals surface area contributed by atoms with Crippen LogP contribution >= 0.6 is 0 Å². The van der Waals surface area contributed by atoms with Crippen LogP contribution in [0.2, 0.25) is 0 Å². The van der Waals surface area contributed by atoms with Crippen molar-refractivity contribution >= 4 is 29.4 Å². The fourth-order valence-electron chi connectivity index (χ4n) is 5.94. The molecule has 2 aliphatic carbocycles. The number of alkyl carbamates (subject to hydrolysis) is 1. The highest BCUT2D eigenvalue weighted by molar-refractivity contribution is 6.38. The van der Waals surface area contributed by atoms with Crippen molar-refractivity contribution in [2.24, 2.45) is 17.8 Å². The van der Waals surface area contributed by atoms with E-state index in [4.69, 9.17) is 4.74 Å². The van der Waals surface area contributed by atoms with Crippen molar-refractivity contribution in [3.8, 4) is 0 Å². The Balaban J connectivity index is 1.66. The molecule has 1 aliphatic heterocycles. The van der Waals surface area contributed by atoms with Gasteiger partial charge in [-0.1, -0.05) is 46.0 Å². The number of carbonyl (C=O) groups is 5. The Kier molecular flexibility index (Phi) is 10.5. The SMILES string of the molecule is CC(C)[C@H](CC(=O)C1(NC(=O)OC2CCCCC2)CCCCC1)C(=O)C(=O)C[C@H]1CCCCNC1=O. The predicted octanol–water partition coefficient (Wildman–Crippen LogP) is 4.42. The van der Waals surface area contributed by atoms with Gasteiger partial charge in [-0.25, -0.2) is 4.79 Å². The molecule has 3 fully saturated rings. The van der Waals surface area contributed by atoms with Crippen molar-refractivity contribution in [2.45, 2.75) is 122 Å². The van der Waals surface area contributed by atoms with Crippen molar-refractivity contribution in [1.82, 2.24) is 10.6 Å². The van der Waals surface area contributed by atoms with Crippen molar-refractivity contribution in [3.05, 3.63) is 0 Å². The molecule has 0 radical (unpaired) electrons. The Morgan fingerprint density at radius 2 is 1.58 bits per heavy atom. The topological polar surface area (TPSA) is 119 Å². The Labute approximate surface area is 215 Å². The first-order chi connectivity index (χ1) is 17.2. The zero-order chi connectivity index (χ0) is 26.1. The fraction of sp³-hybridized carbons (Fsp3) is 0.821. The van der Waals surface area contributed by atoms with Gasteiger partial charge in [-0.2, -0.15) is 0 Å². The largest absolute Gasteiger partial charge is 0.446 e. The number of carbonyl (C=O) groups excluding carboxylic acids is 5. The highest BCUT2D eigenvalue weighted by atomic mass is 16.6. The summed E-state index contributed by atoms with van der Waals surface area (Å²) in [6, 6.07) is 0. The number of ketones is 3. The third kappa shape index (κ3) is 7.62. The van der Waals surface area contributed by atoms with Crippen LogP contribution in [0.15, 0.2) is 0 Å². The summed E-state index contributed by atoms with van der Waals surface area (Å²) in [6.45, 7) is 4.26. The van der Waals surface area contributed by atoms with E-state index in [-0.39, 0.29) is 36.6 Å². The molecule has 8 nitrogen and oxygen atoms in total. The van der Waals surface area contributed by atoms with E-state index < -0.39 is 35.0 Å². The minimum Gasteiger partial charge on any atom is -0.446 e. The molecule has 0 bridgehead atoms. The first kappa shape index (κ1) is 28.3. The summed E-state index contributed by atoms with van der Waals surface area (Å²) in [5.41, 5.74) is -1.05. The van der Waals surface area contributed by atoms with Gasteiger partial charge in [0.05, 0.1) is 0 Å². The van der Waals surface area contributed by atoms with Gasteiger partial charge in [-0.15, -0.1) is 0 Å². The van der Waals surface area contributed by atoms with Gasteiger partial charge in [0.15, 0.2) is 11.6 Å². The van der Waals surface area contributed by atoms with Crippen LogP contribution in [0.3, 0.4) is 0 Å². The van der Waals surface area contributed by atoms with E-state index in [1.165, 1.54) is 0 Å². The zero-order valence-electron chi connectivity index (χ0n) is 22.1. The van der Waals surface area contributed by atoms with Crippen LogP contribution in [-0.2, 0) is 23.9 Å². The molecule has 8 heteroatoms. The predicted molar refractivity (Wildman–Crippen MR) is 135 cm³/mol. The number of Topliss-reactive ketones (excluding diaryl/α,β-unsaturated/α-hetero) is 3. The third-order valence-electron chi connectivity index (χ3n) is 8.31. The lowest BCUT2D eigenvalue weighted by Gasteiger charge is -2.38. The normalized spacial score (nSPS) is 23.8. The van der Waals surface area contributed by atoms with Crippen LogP contribution in [0.1, 0.15) is 110 Å². The molecule has 2 amide bonds. The molecule has 0 aromatic rings. The van der Waals surface area contributed by atoms with Gasteiger partial charge in [-0.05, 0) is 57.3 Å². The number of amides is 2. The van der Waals surface area contributed by atoms with Crippen molar-refractivity contribution in [1.29, 1.82) is 0 Å². The summed E-state index contributed by atoms with van der Waals surface area (Å²) in [7, 11) is 0. The van der Waals surface area contributed by atoms with Gasteiger partial charge in [0.25, 0.3) is 0 Å². The number of nitrogens with one attached hydrogen (secondary N) is 2. The van der Waals surface area contributed by atoms with E-state index in [1.54, 1.807) is 0 Å². The van der Waals surface area contributed by atoms with Gasteiger partial charge < -0.3 is 15.4 Å². The maximum Gasteiger partial charge on any atom is 0.408 e. The lowest BCUT2D eigenvalue weighted by atomic mass is 9.73. The average Bonchev–Trinajstić information content (AvgIpc) is 3.06. The maximum absolute atomic E-state index is 13.7. The van der Waals surface area contributed by atoms with Crippen LogP contribution in [0.25, 0.3) is 0 Å². The Morgan fingerprint density at radius 3 is 2.25 bits per heavy atom. The summed E-state index contributed by atoms with van der Waals surface area (Å²) < 4.78 is 5.65. The quantitative estimate of drug-likeness (QED) is 0.425. The van der Waals surface area contributed by atoms with E-state index in [2.05, 4.69) is 10.6 Å². The second-order valence-electron chi connectivity index (χ2n) is 11.4. The Bertz CT molecular complexity index is 811. The number of ether oxygens (including phenoxy) is 1. The number of hydrogen-bond donors (Lipinski definition) is 2. The van der Waals surface area contributed by atoms with Crippen LogP contribution in [0.5, 0.6) is 0 Å². The molecule has 0 unspecified atom stereocenters. The van der Waals surface area contributed by atoms with Crippen LogP contribution < -0.4 is 10.6 Å². The van der Waals surface area contributed by atoms with E-state index >= 15 is 0 Å². The number of hydrogen-bond acceptors (Lipinski definition) is 6. The van der Waals surface area contributed by atoms with Gasteiger partial charge in [0.1, 0.15) is 11.6 Å². The molecule has 0 spiro atoms. The molecule has 202 valence electrons. The van der Waals surface area contributed by atoms with E-state index in [0.29, 0.717) is 25.8 Å². The zero-order valence-corrected chi connectivity index (χ0v) is 22.1. The smallest absolute Gasteiger partial charge is 0.408 e. The molecular formula is C28H44N2O6. The molecule has 1 saturated heterocycles. The molecule has 2 saturated carbocycles. The van der Waals surface area contributed by atoms with Crippen molar-refractivity contribution in [3.63, 3.8) is 0 Å². The van der Waals surface area contributed by atoms with Crippen molar-refractivity contribution in [2.75, 3.05) is 6.54 Å². The van der Waals surface area contributed by atoms with Crippen LogP contribution in [0.4, 0.5) is 4.79 Å². The van der Waals surface area contributed by atoms with Gasteiger partial charge in [-0.3, -0.25) is 19.2 Å². The van der Waals surface area contributed by atoms with Crippen molar-refractivity contribution < 1.29 is 28.7 Å². The van der Waals surface area contributed by atoms with Crippen LogP contribution in [-0.4, -0.2) is 47.5 Å². The Hall–Kier alpha value is -2.25. The molecule has 0 aromatic carbocycles. The van der Waals surface area contributed by atoms with E-state index in [9.17, 15) is 24.0 Å². The standard InChI is InChI=1S/C28H44N2O6/c1-19(2)22(25(33)23(31)17-20-11-7-10-16-29-26(20)34)18-24(32)28(14-8-4-9-15-28)30-27(35)36-21-12-5-3-6-13-21/h19-22H,3-18H2,1-2H3,(H,29,34)(H,30,35)/t20-,22+/m1/s1. The minimum atomic E-state index is -1.05. The lowest BCUT2D eigenvalue weighted by Crippen LogP contribution is -2.57. The molecule has 2 atom stereocenters. The van der Waals surface area contributed by atoms with Gasteiger partial charge in [0.2, 0.25) is 11.7 Å². The van der Waals surface area contributed by atoms with E-state index in [0.717, 1.165) is 64.2 Å². The summed E-state index contributed by atoms with van der Waals surface area (Å²) in [5.74, 6) is -3.01. The highest BCUT2D eigenvalue weighted by Gasteiger charge is 2.44. The maximum atomic E-state index is 13.7. The first-order valence-corrected chi connectivity index (χ1v) is 14.1. The second kappa shape index (κ2) is 13.3. The molecule has 2 N–H and O–H groups in total. The molecule has 1 heterocycles. The summed E-state index contributed by atoms with van der Waals surface area (Å²) >= 11 is 0. The fourth-order valence-corrected chi connectivity index (χ4v) is 5.94. The number of rotatable bonds is 10. The lowest BCUT2D eigenvalue weighted by molar-refractivity contribution is -0.143. The molecule has 3 rings (SSSR count). The van der Waals surface area contributed by atoms with E-state index in [1.807, 2.05) is 13.8 Å². The summed E-state index contributed by atoms with van der Waals surface area (Å²) in [5, 5.41) is 5.72. The molecule has 36 heavy (non-hydrogen) atoms. The summed E-state index contributed by atoms with van der Waals surface area (Å²) in [6.07, 6.45) is 9.98. The third-order valence-corrected chi connectivity index (χ3v) is 8.31. The summed E-state index contributed by atoms with van der Waals surface area (Å²) in [4.78, 5) is 64.9. The highest BCUT2D eigenvalue weighted by Crippen LogP contribution is 2.33.